The van der Waals surface area contributed by atoms with Gasteiger partial charge < -0.3 is 4.89 Å². The van der Waals surface area contributed by atoms with Gasteiger partial charge >= 0.3 is 0 Å². The van der Waals surface area contributed by atoms with Crippen LogP contribution in [0.1, 0.15) is 16.8 Å². The highest BCUT2D eigenvalue weighted by Gasteiger charge is 2.35. The third-order valence-electron chi connectivity index (χ3n) is 3.98. The Morgan fingerprint density at radius 3 is 2.78 bits per heavy atom. The second-order valence-corrected chi connectivity index (χ2v) is 11.8. The Morgan fingerprint density at radius 1 is 1.33 bits per heavy atom. The van der Waals surface area contributed by atoms with Crippen molar-refractivity contribution in [3.05, 3.63) is 74.3 Å². The first-order valence-corrected chi connectivity index (χ1v) is 13.3. The molecule has 0 bridgehead atoms. The first-order chi connectivity index (χ1) is 12.8. The first-order valence-electron chi connectivity index (χ1n) is 7.95. The van der Waals surface area contributed by atoms with Gasteiger partial charge in [-0.3, -0.25) is 9.36 Å². The van der Waals surface area contributed by atoms with Crippen LogP contribution in [0, 0.1) is 0 Å². The predicted octanol–water partition coefficient (Wildman–Crippen LogP) is 7.13. The number of rotatable bonds is 6. The van der Waals surface area contributed by atoms with Crippen LogP contribution in [0.15, 0.2) is 58.1 Å². The highest BCUT2D eigenvalue weighted by Crippen LogP contribution is 2.57. The number of carbonyl (C=O) groups excluding carboxylic acids is 1. The van der Waals surface area contributed by atoms with Crippen molar-refractivity contribution in [2.75, 3.05) is 6.66 Å². The van der Waals surface area contributed by atoms with Crippen LogP contribution in [0.4, 0.5) is 0 Å². The summed E-state index contributed by atoms with van der Waals surface area (Å²) in [6, 6.07) is 13.1. The van der Waals surface area contributed by atoms with Crippen LogP contribution in [0.3, 0.4) is 0 Å². The Bertz CT molecular complexity index is 1070. The predicted molar refractivity (Wildman–Crippen MR) is 122 cm³/mol. The highest BCUT2D eigenvalue weighted by atomic mass is 79.9. The van der Waals surface area contributed by atoms with Gasteiger partial charge in [-0.2, -0.15) is 0 Å². The molecule has 0 saturated heterocycles. The highest BCUT2D eigenvalue weighted by molar-refractivity contribution is 9.10. The Labute approximate surface area is 176 Å². The molecule has 0 aliphatic carbocycles. The Kier molecular flexibility index (Phi) is 6.74. The Hall–Kier alpha value is -0.800. The van der Waals surface area contributed by atoms with Gasteiger partial charge in [0, 0.05) is 20.9 Å². The number of thiophene rings is 1. The van der Waals surface area contributed by atoms with Gasteiger partial charge in [0.15, 0.2) is 5.52 Å². The maximum atomic E-state index is 12.9. The lowest BCUT2D eigenvalue weighted by molar-refractivity contribution is -0.111. The minimum Gasteiger partial charge on any atom is -0.344 e. The zero-order chi connectivity index (χ0) is 19.6. The first kappa shape index (κ1) is 20.9. The summed E-state index contributed by atoms with van der Waals surface area (Å²) in [5.41, 5.74) is 0.224. The maximum absolute atomic E-state index is 12.9. The number of benzene rings is 2. The minimum absolute atomic E-state index is 0.213. The van der Waals surface area contributed by atoms with E-state index in [9.17, 15) is 14.3 Å². The van der Waals surface area contributed by atoms with Crippen LogP contribution in [0.25, 0.3) is 16.2 Å². The lowest BCUT2D eigenvalue weighted by Gasteiger charge is -2.18. The largest absolute Gasteiger partial charge is 0.344 e. The summed E-state index contributed by atoms with van der Waals surface area (Å²) in [4.78, 5) is 23.2. The number of carbonyl (C=O) groups is 1. The number of hydrogen-bond donors (Lipinski definition) is 1. The molecular formula is C19H16BrClO3P2S. The number of hydrogen-bond acceptors (Lipinski definition) is 3. The lowest BCUT2D eigenvalue weighted by Crippen LogP contribution is -2.07. The van der Waals surface area contributed by atoms with Gasteiger partial charge in [0.1, 0.15) is 5.66 Å². The molecule has 140 valence electrons. The van der Waals surface area contributed by atoms with Crippen molar-refractivity contribution in [1.82, 2.24) is 0 Å². The fourth-order valence-electron chi connectivity index (χ4n) is 2.75. The molecular weight excluding hydrogens is 486 g/mol. The lowest BCUT2D eigenvalue weighted by atomic mass is 10.1. The summed E-state index contributed by atoms with van der Waals surface area (Å²) in [7, 11) is -3.90. The van der Waals surface area contributed by atoms with Crippen molar-refractivity contribution < 1.29 is 14.3 Å². The zero-order valence-electron chi connectivity index (χ0n) is 14.2. The fourth-order valence-corrected chi connectivity index (χ4v) is 7.26. The fraction of sp³-hybridized carbons (Fsp3) is 0.105. The molecule has 1 N–H and O–H groups in total. The van der Waals surface area contributed by atoms with Crippen molar-refractivity contribution in [2.45, 2.75) is 5.66 Å². The molecule has 0 radical (unpaired) electrons. The van der Waals surface area contributed by atoms with E-state index in [1.807, 2.05) is 36.4 Å². The van der Waals surface area contributed by atoms with Gasteiger partial charge in [-0.05, 0) is 54.7 Å². The van der Waals surface area contributed by atoms with Crippen LogP contribution >= 0.6 is 54.8 Å². The van der Waals surface area contributed by atoms with Crippen molar-refractivity contribution in [1.29, 1.82) is 0 Å². The zero-order valence-corrected chi connectivity index (χ0v) is 19.3. The molecule has 1 aromatic heterocycles. The number of fused-ring (bicyclic) bond motifs is 1. The van der Waals surface area contributed by atoms with E-state index < -0.39 is 13.0 Å². The quantitative estimate of drug-likeness (QED) is 0.365. The average Bonchev–Trinajstić information content (AvgIpc) is 2.98. The van der Waals surface area contributed by atoms with E-state index in [1.54, 1.807) is 23.3 Å². The molecule has 0 spiro atoms. The molecule has 8 heteroatoms. The second-order valence-electron chi connectivity index (χ2n) is 6.04. The van der Waals surface area contributed by atoms with E-state index in [4.69, 9.17) is 11.6 Å². The summed E-state index contributed by atoms with van der Waals surface area (Å²) in [5, 5.41) is 3.09. The molecule has 0 aliphatic rings. The molecule has 0 amide bonds. The summed E-state index contributed by atoms with van der Waals surface area (Å²) in [6.45, 7) is 1.24. The maximum Gasteiger partial charge on any atom is 0.212 e. The van der Waals surface area contributed by atoms with Crippen LogP contribution in [0.5, 0.6) is 0 Å². The van der Waals surface area contributed by atoms with Crippen molar-refractivity contribution in [2.24, 2.45) is 0 Å². The standard InChI is InChI=1S/C19H16BrClO3P2S/c1-26(23,24)18(15-11-27-17-7-6-13(21)10-14(15)17)19(22)25-9-8-12-4-2-3-5-16(12)20/h2-11,18,25H,1H3,(H,23,24)/b9-8+. The van der Waals surface area contributed by atoms with Gasteiger partial charge in [0.05, 0.1) is 0 Å². The van der Waals surface area contributed by atoms with Crippen molar-refractivity contribution >= 4 is 76.5 Å². The van der Waals surface area contributed by atoms with E-state index in [2.05, 4.69) is 15.9 Å². The summed E-state index contributed by atoms with van der Waals surface area (Å²) in [6.07, 6.45) is 1.85. The van der Waals surface area contributed by atoms with Crippen LogP contribution < -0.4 is 0 Å². The van der Waals surface area contributed by atoms with Gasteiger partial charge in [0.2, 0.25) is 7.37 Å². The molecule has 3 atom stereocenters. The normalized spacial score (nSPS) is 15.6. The molecule has 3 nitrogen and oxygen atoms in total. The third kappa shape index (κ3) is 4.98. The van der Waals surface area contributed by atoms with Gasteiger partial charge in [-0.25, -0.2) is 0 Å². The Balaban J connectivity index is 1.91. The minimum atomic E-state index is -3.68. The van der Waals surface area contributed by atoms with Crippen molar-refractivity contribution in [3.63, 3.8) is 0 Å². The second kappa shape index (κ2) is 8.69. The van der Waals surface area contributed by atoms with E-state index in [-0.39, 0.29) is 14.1 Å². The molecule has 0 saturated carbocycles. The van der Waals surface area contributed by atoms with Gasteiger partial charge in [-0.15, -0.1) is 11.3 Å². The molecule has 1 heterocycles. The van der Waals surface area contributed by atoms with E-state index in [0.717, 1.165) is 20.1 Å². The van der Waals surface area contributed by atoms with E-state index in [0.29, 0.717) is 10.6 Å². The monoisotopic (exact) mass is 500 g/mol. The molecule has 0 fully saturated rings. The summed E-state index contributed by atoms with van der Waals surface area (Å²) < 4.78 is 14.4. The average molecular weight is 502 g/mol. The molecule has 27 heavy (non-hydrogen) atoms. The van der Waals surface area contributed by atoms with E-state index in [1.165, 1.54) is 18.0 Å². The molecule has 3 aromatic rings. The smallest absolute Gasteiger partial charge is 0.212 e. The van der Waals surface area contributed by atoms with Gasteiger partial charge in [-0.1, -0.05) is 57.6 Å². The molecule has 0 aliphatic heterocycles. The number of halogens is 2. The molecule has 2 aromatic carbocycles. The van der Waals surface area contributed by atoms with Crippen LogP contribution in [0.2, 0.25) is 5.02 Å². The topological polar surface area (TPSA) is 54.4 Å². The van der Waals surface area contributed by atoms with Crippen LogP contribution in [-0.2, 0) is 9.36 Å². The van der Waals surface area contributed by atoms with Gasteiger partial charge in [0.25, 0.3) is 0 Å². The third-order valence-corrected chi connectivity index (χ3v) is 8.54. The molecule has 3 rings (SSSR count). The summed E-state index contributed by atoms with van der Waals surface area (Å²) >= 11 is 11.0. The van der Waals surface area contributed by atoms with Crippen LogP contribution in [-0.4, -0.2) is 17.1 Å². The summed E-state index contributed by atoms with van der Waals surface area (Å²) in [5.74, 6) is 1.76. The van der Waals surface area contributed by atoms with Crippen molar-refractivity contribution in [3.8, 4) is 0 Å². The molecule has 3 unspecified atom stereocenters. The Morgan fingerprint density at radius 2 is 2.07 bits per heavy atom. The SMILES string of the molecule is CP(=O)(O)C(C(=O)P/C=C/c1ccccc1Br)c1csc2ccc(Cl)cc12. The van der Waals surface area contributed by atoms with E-state index >= 15 is 0 Å².